The molecule has 1 unspecified atom stereocenters. The predicted octanol–water partition coefficient (Wildman–Crippen LogP) is 7.94. The van der Waals surface area contributed by atoms with Crippen LogP contribution < -0.4 is 15.0 Å². The number of ether oxygens (including phenoxy) is 1. The van der Waals surface area contributed by atoms with Crippen LogP contribution in [0.3, 0.4) is 0 Å². The van der Waals surface area contributed by atoms with Gasteiger partial charge in [0.15, 0.2) is 0 Å². The molecular weight excluding hydrogens is 675 g/mol. The number of methoxy groups -OCH3 is 1. The lowest BCUT2D eigenvalue weighted by atomic mass is 10.0. The topological polar surface area (TPSA) is 105 Å². The molecule has 2 amide bonds. The Balaban J connectivity index is 1.06. The number of nitrogens with one attached hydrogen (secondary N) is 2. The third-order valence-corrected chi connectivity index (χ3v) is 9.23. The summed E-state index contributed by atoms with van der Waals surface area (Å²) in [6.45, 7) is 0.609. The summed E-state index contributed by atoms with van der Waals surface area (Å²) < 4.78 is 22.9. The maximum absolute atomic E-state index is 15.1. The van der Waals surface area contributed by atoms with Crippen molar-refractivity contribution in [3.8, 4) is 28.3 Å². The van der Waals surface area contributed by atoms with E-state index in [1.54, 1.807) is 24.3 Å². The fourth-order valence-corrected chi connectivity index (χ4v) is 6.52. The Morgan fingerprint density at radius 1 is 1.06 bits per heavy atom. The molecule has 1 aliphatic rings. The van der Waals surface area contributed by atoms with E-state index in [-0.39, 0.29) is 29.5 Å². The van der Waals surface area contributed by atoms with E-state index < -0.39 is 11.9 Å². The van der Waals surface area contributed by atoms with Crippen molar-refractivity contribution < 1.29 is 18.7 Å². The van der Waals surface area contributed by atoms with Crippen LogP contribution in [0.1, 0.15) is 30.9 Å². The van der Waals surface area contributed by atoms with Gasteiger partial charge in [0.2, 0.25) is 5.91 Å². The minimum Gasteiger partial charge on any atom is -0.497 e. The summed E-state index contributed by atoms with van der Waals surface area (Å²) in [4.78, 5) is 31.9. The molecule has 0 saturated carbocycles. The number of para-hydroxylation sites is 1. The number of carbonyl (C=O) groups excluding carboxylic acids is 2. The average molecular weight is 708 g/mol. The molecule has 48 heavy (non-hydrogen) atoms. The van der Waals surface area contributed by atoms with Crippen LogP contribution in [0.25, 0.3) is 33.4 Å². The summed E-state index contributed by atoms with van der Waals surface area (Å²) in [5, 5.41) is 12.4. The van der Waals surface area contributed by atoms with Crippen LogP contribution in [0.2, 0.25) is 0 Å². The first-order valence-corrected chi connectivity index (χ1v) is 16.5. The Hall–Kier alpha value is -5.29. The number of aromatic amines is 1. The molecule has 0 radical (unpaired) electrons. The zero-order valence-corrected chi connectivity index (χ0v) is 27.7. The van der Waals surface area contributed by atoms with E-state index in [2.05, 4.69) is 36.5 Å². The number of nitrogens with zero attached hydrogens (tertiary/aromatic N) is 4. The fraction of sp³-hybridized carbons (Fsp3) is 0.189. The summed E-state index contributed by atoms with van der Waals surface area (Å²) in [5.41, 5.74) is 5.69. The molecule has 0 bridgehead atoms. The molecule has 2 aromatic heterocycles. The Kier molecular flexibility index (Phi) is 8.77. The van der Waals surface area contributed by atoms with Crippen LogP contribution in [0.4, 0.5) is 15.8 Å². The molecule has 7 rings (SSSR count). The molecule has 6 aromatic rings. The molecule has 1 aliphatic heterocycles. The standard InChI is InChI=1S/C37H32BrFN6O3/c1-48-27-15-8-23(9-16-27)36-29(28-5-2-3-6-32(28)41-36)17-19-35(46)40-25-12-18-31(39)30(21-25)33-22-45(43-42-33)34-7-4-20-44(37(34)47)26-13-10-24(38)11-14-26/h2-3,5-6,8-16,18,21-22,34,41H,4,7,17,19-20H2,1H3,(H,40,46). The van der Waals surface area contributed by atoms with Gasteiger partial charge in [0.1, 0.15) is 23.3 Å². The number of hydrogen-bond acceptors (Lipinski definition) is 5. The highest BCUT2D eigenvalue weighted by Crippen LogP contribution is 2.33. The molecule has 4 aromatic carbocycles. The molecule has 3 heterocycles. The zero-order valence-electron chi connectivity index (χ0n) is 26.1. The molecule has 242 valence electrons. The summed E-state index contributed by atoms with van der Waals surface area (Å²) in [6, 6.07) is 27.2. The molecule has 0 aliphatic carbocycles. The Morgan fingerprint density at radius 2 is 1.85 bits per heavy atom. The van der Waals surface area contributed by atoms with Gasteiger partial charge >= 0.3 is 0 Å². The van der Waals surface area contributed by atoms with Gasteiger partial charge in [0, 0.05) is 51.0 Å². The average Bonchev–Trinajstić information content (AvgIpc) is 3.74. The van der Waals surface area contributed by atoms with Crippen LogP contribution in [-0.2, 0) is 16.0 Å². The number of hydrogen-bond donors (Lipinski definition) is 2. The third-order valence-electron chi connectivity index (χ3n) is 8.70. The van der Waals surface area contributed by atoms with E-state index in [1.807, 2.05) is 72.8 Å². The quantitative estimate of drug-likeness (QED) is 0.159. The van der Waals surface area contributed by atoms with Crippen molar-refractivity contribution in [1.82, 2.24) is 20.0 Å². The van der Waals surface area contributed by atoms with Crippen LogP contribution >= 0.6 is 15.9 Å². The van der Waals surface area contributed by atoms with Crippen molar-refractivity contribution in [3.05, 3.63) is 113 Å². The van der Waals surface area contributed by atoms with Gasteiger partial charge in [-0.15, -0.1) is 5.10 Å². The van der Waals surface area contributed by atoms with Crippen LogP contribution in [0.5, 0.6) is 5.75 Å². The van der Waals surface area contributed by atoms with Gasteiger partial charge in [-0.05, 0) is 103 Å². The maximum atomic E-state index is 15.1. The highest BCUT2D eigenvalue weighted by atomic mass is 79.9. The van der Waals surface area contributed by atoms with E-state index >= 15 is 4.39 Å². The second-order valence-corrected chi connectivity index (χ2v) is 12.6. The number of fused-ring (bicyclic) bond motifs is 1. The largest absolute Gasteiger partial charge is 0.497 e. The van der Waals surface area contributed by atoms with E-state index in [0.717, 1.165) is 50.1 Å². The van der Waals surface area contributed by atoms with Crippen molar-refractivity contribution in [2.75, 3.05) is 23.9 Å². The lowest BCUT2D eigenvalue weighted by Gasteiger charge is -2.32. The van der Waals surface area contributed by atoms with Crippen LogP contribution in [-0.4, -0.2) is 45.4 Å². The van der Waals surface area contributed by atoms with Gasteiger partial charge in [0.25, 0.3) is 5.91 Å². The van der Waals surface area contributed by atoms with Gasteiger partial charge in [-0.3, -0.25) is 9.59 Å². The number of aromatic nitrogens is 4. The van der Waals surface area contributed by atoms with Crippen LogP contribution in [0, 0.1) is 5.82 Å². The van der Waals surface area contributed by atoms with Crippen molar-refractivity contribution in [2.24, 2.45) is 0 Å². The molecule has 1 saturated heterocycles. The lowest BCUT2D eigenvalue weighted by Crippen LogP contribution is -2.42. The number of rotatable bonds is 9. The number of aryl methyl sites for hydroxylation is 1. The monoisotopic (exact) mass is 706 g/mol. The molecular formula is C37H32BrFN6O3. The van der Waals surface area contributed by atoms with E-state index in [4.69, 9.17) is 4.74 Å². The number of anilines is 2. The van der Waals surface area contributed by atoms with Gasteiger partial charge in [-0.2, -0.15) is 0 Å². The number of piperidine rings is 1. The number of amides is 2. The lowest BCUT2D eigenvalue weighted by molar-refractivity contribution is -0.123. The molecule has 0 spiro atoms. The normalized spacial score (nSPS) is 14.8. The SMILES string of the molecule is COc1ccc(-c2[nH]c3ccccc3c2CCC(=O)Nc2ccc(F)c(-c3cn(C4CCCN(c5ccc(Br)cc5)C4=O)nn3)c2)cc1. The Bertz CT molecular complexity index is 2110. The van der Waals surface area contributed by atoms with Crippen LogP contribution in [0.15, 0.2) is 102 Å². The zero-order chi connectivity index (χ0) is 33.2. The highest BCUT2D eigenvalue weighted by molar-refractivity contribution is 9.10. The smallest absolute Gasteiger partial charge is 0.251 e. The first-order valence-electron chi connectivity index (χ1n) is 15.7. The Labute approximate surface area is 284 Å². The molecule has 1 atom stereocenters. The Morgan fingerprint density at radius 3 is 2.65 bits per heavy atom. The fourth-order valence-electron chi connectivity index (χ4n) is 6.26. The van der Waals surface area contributed by atoms with E-state index in [1.165, 1.54) is 16.8 Å². The number of benzene rings is 4. The maximum Gasteiger partial charge on any atom is 0.251 e. The molecule has 11 heteroatoms. The minimum absolute atomic E-state index is 0.0909. The molecule has 2 N–H and O–H groups in total. The van der Waals surface area contributed by atoms with Gasteiger partial charge in [-0.1, -0.05) is 39.3 Å². The first kappa shape index (κ1) is 31.3. The van der Waals surface area contributed by atoms with Gasteiger partial charge < -0.3 is 19.9 Å². The number of halogens is 2. The first-order chi connectivity index (χ1) is 23.4. The predicted molar refractivity (Wildman–Crippen MR) is 187 cm³/mol. The summed E-state index contributed by atoms with van der Waals surface area (Å²) >= 11 is 3.44. The number of carbonyl (C=O) groups is 2. The minimum atomic E-state index is -0.554. The summed E-state index contributed by atoms with van der Waals surface area (Å²) in [5.74, 6) is -0.0351. The second-order valence-electron chi connectivity index (χ2n) is 11.7. The van der Waals surface area contributed by atoms with Crippen molar-refractivity contribution in [1.29, 1.82) is 0 Å². The summed E-state index contributed by atoms with van der Waals surface area (Å²) in [7, 11) is 1.63. The second kappa shape index (κ2) is 13.4. The van der Waals surface area contributed by atoms with Crippen molar-refractivity contribution >= 4 is 50.0 Å². The van der Waals surface area contributed by atoms with Crippen molar-refractivity contribution in [3.63, 3.8) is 0 Å². The third kappa shape index (κ3) is 6.33. The van der Waals surface area contributed by atoms with E-state index in [9.17, 15) is 9.59 Å². The molecule has 1 fully saturated rings. The van der Waals surface area contributed by atoms with Crippen molar-refractivity contribution in [2.45, 2.75) is 31.7 Å². The van der Waals surface area contributed by atoms with Gasteiger partial charge in [0.05, 0.1) is 13.3 Å². The van der Waals surface area contributed by atoms with Gasteiger partial charge in [-0.25, -0.2) is 9.07 Å². The number of H-pyrrole nitrogens is 1. The van der Waals surface area contributed by atoms with E-state index in [0.29, 0.717) is 25.1 Å². The molecule has 9 nitrogen and oxygen atoms in total. The highest BCUT2D eigenvalue weighted by Gasteiger charge is 2.32. The summed E-state index contributed by atoms with van der Waals surface area (Å²) in [6.07, 6.45) is 3.69.